The lowest BCUT2D eigenvalue weighted by molar-refractivity contribution is -0.137. The molecule has 0 atom stereocenters. The number of carbonyl (C=O) groups excluding carboxylic acids is 1. The molecule has 0 spiro atoms. The van der Waals surface area contributed by atoms with Crippen molar-refractivity contribution >= 4 is 5.91 Å². The number of hydrogen-bond acceptors (Lipinski definition) is 4. The van der Waals surface area contributed by atoms with E-state index in [0.717, 1.165) is 36.5 Å². The number of nitrogens with one attached hydrogen (secondary N) is 1. The Morgan fingerprint density at radius 1 is 1.23 bits per heavy atom. The van der Waals surface area contributed by atoms with Crippen molar-refractivity contribution in [1.82, 2.24) is 10.5 Å². The summed E-state index contributed by atoms with van der Waals surface area (Å²) in [4.78, 5) is 14.6. The second kappa shape index (κ2) is 5.98. The number of aromatic nitrogens is 1. The summed E-state index contributed by atoms with van der Waals surface area (Å²) in [7, 11) is 0. The molecule has 5 nitrogen and oxygen atoms in total. The smallest absolute Gasteiger partial charge is 0.416 e. The summed E-state index contributed by atoms with van der Waals surface area (Å²) in [5.74, 6) is -2.55. The normalized spacial score (nSPS) is 11.1. The van der Waals surface area contributed by atoms with Crippen molar-refractivity contribution in [2.45, 2.75) is 6.18 Å². The number of pyridine rings is 1. The van der Waals surface area contributed by atoms with Crippen LogP contribution < -0.4 is 10.2 Å². The van der Waals surface area contributed by atoms with Crippen molar-refractivity contribution in [3.63, 3.8) is 0 Å². The molecule has 1 heterocycles. The van der Waals surface area contributed by atoms with Crippen LogP contribution in [0.4, 0.5) is 17.6 Å². The number of hydroxylamine groups is 1. The van der Waals surface area contributed by atoms with Crippen molar-refractivity contribution in [2.24, 2.45) is 0 Å². The van der Waals surface area contributed by atoms with Gasteiger partial charge in [0.25, 0.3) is 11.8 Å². The molecule has 0 unspecified atom stereocenters. The number of benzene rings is 1. The van der Waals surface area contributed by atoms with E-state index in [-0.39, 0.29) is 11.3 Å². The van der Waals surface area contributed by atoms with Crippen molar-refractivity contribution in [1.29, 1.82) is 0 Å². The fraction of sp³-hybridized carbons (Fsp3) is 0.0769. The Labute approximate surface area is 121 Å². The van der Waals surface area contributed by atoms with E-state index in [9.17, 15) is 22.4 Å². The molecule has 2 aromatic rings. The molecule has 1 amide bonds. The van der Waals surface area contributed by atoms with Crippen LogP contribution in [0.25, 0.3) is 0 Å². The van der Waals surface area contributed by atoms with Crippen molar-refractivity contribution in [3.8, 4) is 11.6 Å². The minimum Gasteiger partial charge on any atom is -0.436 e. The largest absolute Gasteiger partial charge is 0.436 e. The highest BCUT2D eigenvalue weighted by molar-refractivity contribution is 5.93. The maximum atomic E-state index is 13.7. The molecular weight excluding hydrogens is 308 g/mol. The quantitative estimate of drug-likeness (QED) is 0.518. The van der Waals surface area contributed by atoms with Crippen molar-refractivity contribution < 1.29 is 32.3 Å². The van der Waals surface area contributed by atoms with Crippen LogP contribution in [0.5, 0.6) is 11.6 Å². The first kappa shape index (κ1) is 15.7. The van der Waals surface area contributed by atoms with Crippen LogP contribution in [0.3, 0.4) is 0 Å². The maximum absolute atomic E-state index is 13.7. The van der Waals surface area contributed by atoms with Gasteiger partial charge >= 0.3 is 6.18 Å². The zero-order chi connectivity index (χ0) is 16.3. The zero-order valence-corrected chi connectivity index (χ0v) is 10.7. The number of halogens is 4. The third-order valence-electron chi connectivity index (χ3n) is 2.57. The average Bonchev–Trinajstić information content (AvgIpc) is 2.48. The van der Waals surface area contributed by atoms with E-state index in [0.29, 0.717) is 0 Å². The summed E-state index contributed by atoms with van der Waals surface area (Å²) in [5.41, 5.74) is 0.183. The molecule has 0 fully saturated rings. The van der Waals surface area contributed by atoms with Crippen LogP contribution in [-0.2, 0) is 6.18 Å². The van der Waals surface area contributed by atoms with Crippen LogP contribution >= 0.6 is 0 Å². The highest BCUT2D eigenvalue weighted by atomic mass is 19.4. The van der Waals surface area contributed by atoms with Crippen LogP contribution in [0.15, 0.2) is 36.5 Å². The number of hydrogen-bond donors (Lipinski definition) is 2. The third kappa shape index (κ3) is 3.50. The summed E-state index contributed by atoms with van der Waals surface area (Å²) in [6, 6.07) is 4.34. The first-order valence-corrected chi connectivity index (χ1v) is 5.76. The van der Waals surface area contributed by atoms with Crippen LogP contribution in [0.2, 0.25) is 0 Å². The van der Waals surface area contributed by atoms with E-state index in [1.54, 1.807) is 0 Å². The number of ether oxygens (including phenoxy) is 1. The standard InChI is InChI=1S/C13H8F4N2O3/c14-10-5-7(11(20)19-21)6-18-12(10)22-9-3-1-8(2-4-9)13(15,16)17/h1-6,21H,(H,19,20). The molecule has 9 heteroatoms. The van der Waals surface area contributed by atoms with Gasteiger partial charge in [-0.05, 0) is 30.3 Å². The Kier molecular flexibility index (Phi) is 4.27. The minimum absolute atomic E-state index is 0.0567. The lowest BCUT2D eigenvalue weighted by Crippen LogP contribution is -2.19. The van der Waals surface area contributed by atoms with Gasteiger partial charge in [0.2, 0.25) is 0 Å². The molecule has 0 saturated heterocycles. The molecule has 0 aliphatic carbocycles. The molecule has 0 aliphatic heterocycles. The molecule has 116 valence electrons. The van der Waals surface area contributed by atoms with Crippen molar-refractivity contribution in [3.05, 3.63) is 53.5 Å². The molecule has 0 radical (unpaired) electrons. The predicted molar refractivity (Wildman–Crippen MR) is 65.0 cm³/mol. The van der Waals surface area contributed by atoms with Gasteiger partial charge in [-0.2, -0.15) is 13.2 Å². The first-order valence-electron chi connectivity index (χ1n) is 5.76. The Morgan fingerprint density at radius 2 is 1.86 bits per heavy atom. The summed E-state index contributed by atoms with van der Waals surface area (Å²) in [6.07, 6.45) is -3.55. The second-order valence-electron chi connectivity index (χ2n) is 4.08. The molecule has 2 N–H and O–H groups in total. The molecule has 1 aromatic heterocycles. The maximum Gasteiger partial charge on any atom is 0.416 e. The van der Waals surface area contributed by atoms with Gasteiger partial charge in [-0.25, -0.2) is 14.9 Å². The second-order valence-corrected chi connectivity index (χ2v) is 4.08. The Morgan fingerprint density at radius 3 is 2.36 bits per heavy atom. The monoisotopic (exact) mass is 316 g/mol. The summed E-state index contributed by atoms with van der Waals surface area (Å²) in [5, 5.41) is 8.40. The highest BCUT2D eigenvalue weighted by Gasteiger charge is 2.30. The number of rotatable bonds is 3. The summed E-state index contributed by atoms with van der Waals surface area (Å²) >= 11 is 0. The van der Waals surface area contributed by atoms with Gasteiger partial charge in [0.1, 0.15) is 5.75 Å². The molecule has 1 aromatic carbocycles. The number of carbonyl (C=O) groups is 1. The fourth-order valence-corrected chi connectivity index (χ4v) is 1.51. The third-order valence-corrected chi connectivity index (χ3v) is 2.57. The molecule has 0 saturated carbocycles. The first-order chi connectivity index (χ1) is 10.3. The lowest BCUT2D eigenvalue weighted by atomic mass is 10.2. The summed E-state index contributed by atoms with van der Waals surface area (Å²) < 4.78 is 55.8. The number of alkyl halides is 3. The number of amides is 1. The lowest BCUT2D eigenvalue weighted by Gasteiger charge is -2.09. The van der Waals surface area contributed by atoms with Gasteiger partial charge in [0.15, 0.2) is 5.82 Å². The Bertz CT molecular complexity index is 687. The highest BCUT2D eigenvalue weighted by Crippen LogP contribution is 2.31. The predicted octanol–water partition coefficient (Wildman–Crippen LogP) is 3.15. The molecular formula is C13H8F4N2O3. The van der Waals surface area contributed by atoms with Gasteiger partial charge in [-0.15, -0.1) is 0 Å². The van der Waals surface area contributed by atoms with E-state index in [4.69, 9.17) is 9.94 Å². The topological polar surface area (TPSA) is 71.5 Å². The Hall–Kier alpha value is -2.68. The van der Waals surface area contributed by atoms with E-state index < -0.39 is 29.3 Å². The van der Waals surface area contributed by atoms with Gasteiger partial charge < -0.3 is 4.74 Å². The SMILES string of the molecule is O=C(NO)c1cnc(Oc2ccc(C(F)(F)F)cc2)c(F)c1. The van der Waals surface area contributed by atoms with Gasteiger partial charge in [-0.3, -0.25) is 10.0 Å². The van der Waals surface area contributed by atoms with E-state index in [2.05, 4.69) is 4.98 Å². The minimum atomic E-state index is -4.48. The fourth-order valence-electron chi connectivity index (χ4n) is 1.51. The van der Waals surface area contributed by atoms with Gasteiger partial charge in [-0.1, -0.05) is 0 Å². The molecule has 0 aliphatic rings. The summed E-state index contributed by atoms with van der Waals surface area (Å²) in [6.45, 7) is 0. The van der Waals surface area contributed by atoms with E-state index >= 15 is 0 Å². The molecule has 2 rings (SSSR count). The molecule has 22 heavy (non-hydrogen) atoms. The van der Waals surface area contributed by atoms with Crippen LogP contribution in [-0.4, -0.2) is 16.1 Å². The van der Waals surface area contributed by atoms with E-state index in [1.807, 2.05) is 0 Å². The van der Waals surface area contributed by atoms with Gasteiger partial charge in [0, 0.05) is 6.20 Å². The van der Waals surface area contributed by atoms with Gasteiger partial charge in [0.05, 0.1) is 11.1 Å². The number of nitrogens with zero attached hydrogens (tertiary/aromatic N) is 1. The Balaban J connectivity index is 2.19. The van der Waals surface area contributed by atoms with E-state index in [1.165, 1.54) is 5.48 Å². The van der Waals surface area contributed by atoms with Crippen LogP contribution in [0.1, 0.15) is 15.9 Å². The zero-order valence-electron chi connectivity index (χ0n) is 10.7. The molecule has 0 bridgehead atoms. The van der Waals surface area contributed by atoms with Crippen molar-refractivity contribution in [2.75, 3.05) is 0 Å². The van der Waals surface area contributed by atoms with Crippen LogP contribution in [0, 0.1) is 5.82 Å². The average molecular weight is 316 g/mol.